The Labute approximate surface area is 127 Å². The zero-order chi connectivity index (χ0) is 15.2. The molecule has 1 atom stereocenters. The second kappa shape index (κ2) is 7.25. The number of rotatable bonds is 6. The van der Waals surface area contributed by atoms with Crippen molar-refractivity contribution in [3.05, 3.63) is 64.7 Å². The first kappa shape index (κ1) is 15.5. The maximum Gasteiger partial charge on any atom is 0.122 e. The van der Waals surface area contributed by atoms with Crippen LogP contribution in [0.15, 0.2) is 42.5 Å². The third-order valence-electron chi connectivity index (χ3n) is 3.76. The van der Waals surface area contributed by atoms with Gasteiger partial charge >= 0.3 is 0 Å². The molecule has 3 heteroatoms. The second-order valence-corrected chi connectivity index (χ2v) is 5.32. The zero-order valence-corrected chi connectivity index (χ0v) is 13.0. The Bertz CT molecular complexity index is 596. The molecule has 0 aliphatic carbocycles. The third kappa shape index (κ3) is 3.63. The van der Waals surface area contributed by atoms with Crippen LogP contribution < -0.4 is 16.0 Å². The van der Waals surface area contributed by atoms with Crippen LogP contribution in [0.3, 0.4) is 0 Å². The van der Waals surface area contributed by atoms with E-state index in [1.165, 1.54) is 11.1 Å². The van der Waals surface area contributed by atoms with Gasteiger partial charge in [0.05, 0.1) is 13.2 Å². The van der Waals surface area contributed by atoms with Crippen molar-refractivity contribution in [2.45, 2.75) is 32.7 Å². The number of hydrazine groups is 1. The summed E-state index contributed by atoms with van der Waals surface area (Å²) in [4.78, 5) is 0. The van der Waals surface area contributed by atoms with E-state index in [0.29, 0.717) is 0 Å². The van der Waals surface area contributed by atoms with Crippen LogP contribution in [0.2, 0.25) is 0 Å². The maximum absolute atomic E-state index is 5.80. The largest absolute Gasteiger partial charge is 0.496 e. The van der Waals surface area contributed by atoms with Crippen molar-refractivity contribution >= 4 is 0 Å². The Hall–Kier alpha value is -1.84. The molecule has 2 rings (SSSR count). The lowest BCUT2D eigenvalue weighted by atomic mass is 9.95. The molecular formula is C18H24N2O. The number of hydrogen-bond donors (Lipinski definition) is 2. The smallest absolute Gasteiger partial charge is 0.122 e. The van der Waals surface area contributed by atoms with Gasteiger partial charge in [0.1, 0.15) is 5.75 Å². The third-order valence-corrected chi connectivity index (χ3v) is 3.76. The number of ether oxygens (including phenoxy) is 1. The van der Waals surface area contributed by atoms with Gasteiger partial charge in [0, 0.05) is 0 Å². The highest BCUT2D eigenvalue weighted by molar-refractivity contribution is 5.41. The van der Waals surface area contributed by atoms with Gasteiger partial charge < -0.3 is 4.74 Å². The van der Waals surface area contributed by atoms with E-state index in [1.54, 1.807) is 7.11 Å². The molecule has 0 spiro atoms. The van der Waals surface area contributed by atoms with E-state index < -0.39 is 0 Å². The molecule has 2 aromatic rings. The first-order valence-electron chi connectivity index (χ1n) is 7.39. The molecule has 3 nitrogen and oxygen atoms in total. The van der Waals surface area contributed by atoms with Gasteiger partial charge in [0.25, 0.3) is 0 Å². The highest BCUT2D eigenvalue weighted by atomic mass is 16.5. The molecule has 2 aromatic carbocycles. The Balaban J connectivity index is 2.37. The number of methoxy groups -OCH3 is 1. The molecule has 0 fully saturated rings. The summed E-state index contributed by atoms with van der Waals surface area (Å²) in [5.41, 5.74) is 7.66. The van der Waals surface area contributed by atoms with Crippen molar-refractivity contribution in [3.63, 3.8) is 0 Å². The normalized spacial score (nSPS) is 12.2. The number of hydrogen-bond acceptors (Lipinski definition) is 3. The summed E-state index contributed by atoms with van der Waals surface area (Å²) in [7, 11) is 1.69. The molecule has 1 unspecified atom stereocenters. The highest BCUT2D eigenvalue weighted by Gasteiger charge is 2.14. The molecule has 0 aromatic heterocycles. The van der Waals surface area contributed by atoms with Crippen LogP contribution in [0.1, 0.15) is 41.6 Å². The number of aryl methyl sites for hydroxylation is 2. The topological polar surface area (TPSA) is 47.3 Å². The molecule has 0 bridgehead atoms. The summed E-state index contributed by atoms with van der Waals surface area (Å²) in [5.74, 6) is 6.69. The summed E-state index contributed by atoms with van der Waals surface area (Å²) < 4.78 is 5.41. The second-order valence-electron chi connectivity index (χ2n) is 5.32. The molecule has 21 heavy (non-hydrogen) atoms. The summed E-state index contributed by atoms with van der Waals surface area (Å²) in [5, 5.41) is 0. The van der Waals surface area contributed by atoms with Crippen LogP contribution in [0.4, 0.5) is 0 Å². The van der Waals surface area contributed by atoms with Crippen LogP contribution in [0, 0.1) is 6.92 Å². The minimum Gasteiger partial charge on any atom is -0.496 e. The Morgan fingerprint density at radius 3 is 2.57 bits per heavy atom. The fraction of sp³-hybridized carbons (Fsp3) is 0.333. The Morgan fingerprint density at radius 2 is 1.90 bits per heavy atom. The van der Waals surface area contributed by atoms with E-state index >= 15 is 0 Å². The number of benzene rings is 2. The lowest BCUT2D eigenvalue weighted by Gasteiger charge is -2.19. The van der Waals surface area contributed by atoms with Crippen LogP contribution in [-0.4, -0.2) is 7.11 Å². The Morgan fingerprint density at radius 1 is 1.14 bits per heavy atom. The minimum absolute atomic E-state index is 0.0312. The van der Waals surface area contributed by atoms with Crippen molar-refractivity contribution in [1.29, 1.82) is 0 Å². The highest BCUT2D eigenvalue weighted by Crippen LogP contribution is 2.27. The minimum atomic E-state index is -0.0312. The van der Waals surface area contributed by atoms with Crippen LogP contribution in [-0.2, 0) is 6.42 Å². The van der Waals surface area contributed by atoms with Crippen molar-refractivity contribution in [2.75, 3.05) is 7.11 Å². The summed E-state index contributed by atoms with van der Waals surface area (Å²) in [6.07, 6.45) is 2.23. The van der Waals surface area contributed by atoms with Gasteiger partial charge in [-0.2, -0.15) is 0 Å². The van der Waals surface area contributed by atoms with Crippen molar-refractivity contribution in [1.82, 2.24) is 5.43 Å². The van der Waals surface area contributed by atoms with Gasteiger partial charge in [-0.05, 0) is 41.7 Å². The van der Waals surface area contributed by atoms with Gasteiger partial charge in [-0.3, -0.25) is 5.84 Å². The van der Waals surface area contributed by atoms with Crippen LogP contribution >= 0.6 is 0 Å². The zero-order valence-electron chi connectivity index (χ0n) is 13.0. The van der Waals surface area contributed by atoms with Crippen molar-refractivity contribution in [2.24, 2.45) is 5.84 Å². The molecule has 0 aliphatic rings. The predicted octanol–water partition coefficient (Wildman–Crippen LogP) is 3.51. The average Bonchev–Trinajstić information content (AvgIpc) is 2.50. The molecular weight excluding hydrogens is 260 g/mol. The van der Waals surface area contributed by atoms with Gasteiger partial charge in [-0.1, -0.05) is 49.7 Å². The molecule has 3 N–H and O–H groups in total. The molecule has 0 saturated carbocycles. The number of nitrogens with one attached hydrogen (secondary N) is 1. The van der Waals surface area contributed by atoms with Crippen LogP contribution in [0.25, 0.3) is 0 Å². The van der Waals surface area contributed by atoms with E-state index in [1.807, 2.05) is 13.0 Å². The van der Waals surface area contributed by atoms with E-state index in [0.717, 1.165) is 29.7 Å². The first-order valence-corrected chi connectivity index (χ1v) is 7.39. The number of nitrogens with two attached hydrogens (primary N) is 1. The molecule has 0 heterocycles. The van der Waals surface area contributed by atoms with Gasteiger partial charge in [0.15, 0.2) is 0 Å². The van der Waals surface area contributed by atoms with Crippen LogP contribution in [0.5, 0.6) is 5.75 Å². The fourth-order valence-electron chi connectivity index (χ4n) is 2.62. The molecule has 0 radical (unpaired) electrons. The Kier molecular flexibility index (Phi) is 5.37. The molecule has 0 amide bonds. The van der Waals surface area contributed by atoms with Gasteiger partial charge in [-0.15, -0.1) is 0 Å². The quantitative estimate of drug-likeness (QED) is 0.630. The first-order chi connectivity index (χ1) is 10.2. The average molecular weight is 284 g/mol. The SMILES string of the molecule is CCCc1cccc(C(NN)c2ccc(C)c(OC)c2)c1. The fourth-order valence-corrected chi connectivity index (χ4v) is 2.62. The van der Waals surface area contributed by atoms with Crippen molar-refractivity contribution in [3.8, 4) is 5.75 Å². The summed E-state index contributed by atoms with van der Waals surface area (Å²) >= 11 is 0. The molecule has 112 valence electrons. The monoisotopic (exact) mass is 284 g/mol. The molecule has 0 saturated heterocycles. The summed E-state index contributed by atoms with van der Waals surface area (Å²) in [6.45, 7) is 4.23. The van der Waals surface area contributed by atoms with E-state index in [2.05, 4.69) is 48.7 Å². The summed E-state index contributed by atoms with van der Waals surface area (Å²) in [6, 6.07) is 14.8. The van der Waals surface area contributed by atoms with E-state index in [-0.39, 0.29) is 6.04 Å². The van der Waals surface area contributed by atoms with E-state index in [4.69, 9.17) is 10.6 Å². The lowest BCUT2D eigenvalue weighted by molar-refractivity contribution is 0.410. The maximum atomic E-state index is 5.80. The van der Waals surface area contributed by atoms with Gasteiger partial charge in [0.2, 0.25) is 0 Å². The molecule has 0 aliphatic heterocycles. The standard InChI is InChI=1S/C18H24N2O/c1-4-6-14-7-5-8-15(11-14)18(20-19)16-10-9-13(2)17(12-16)21-3/h5,7-12,18,20H,4,6,19H2,1-3H3. The lowest BCUT2D eigenvalue weighted by Crippen LogP contribution is -2.29. The predicted molar refractivity (Wildman–Crippen MR) is 87.3 cm³/mol. The van der Waals surface area contributed by atoms with E-state index in [9.17, 15) is 0 Å². The van der Waals surface area contributed by atoms with Crippen molar-refractivity contribution < 1.29 is 4.74 Å². The van der Waals surface area contributed by atoms with Gasteiger partial charge in [-0.25, -0.2) is 5.43 Å².